The standard InChI is InChI=1S/C31H29BrClFN4O3/c1-19(38-15-12-24-25(31(38)39)16-26(34)27(32)28(24)33)29-30(36-14-13-35-29)37(17-20-4-8-22(40-2)9-5-20)18-21-6-10-23(41-3)11-7-21/h4-11,13-14,16,19H,12,15,17-18H2,1-3H3. The number of halogens is 3. The molecule has 1 unspecified atom stereocenters. The van der Waals surface area contributed by atoms with E-state index in [9.17, 15) is 9.18 Å². The zero-order chi connectivity index (χ0) is 29.1. The summed E-state index contributed by atoms with van der Waals surface area (Å²) < 4.78 is 25.4. The average Bonchev–Trinajstić information content (AvgIpc) is 3.00. The Kier molecular flexibility index (Phi) is 8.75. The van der Waals surface area contributed by atoms with Crippen LogP contribution in [0.5, 0.6) is 11.5 Å². The minimum Gasteiger partial charge on any atom is -0.497 e. The average molecular weight is 640 g/mol. The van der Waals surface area contributed by atoms with Crippen LogP contribution in [0.2, 0.25) is 5.02 Å². The molecule has 0 saturated carbocycles. The highest BCUT2D eigenvalue weighted by Crippen LogP contribution is 2.38. The number of hydrogen-bond acceptors (Lipinski definition) is 6. The molecule has 0 aliphatic carbocycles. The van der Waals surface area contributed by atoms with Crippen molar-refractivity contribution in [3.05, 3.63) is 110 Å². The monoisotopic (exact) mass is 638 g/mol. The number of rotatable bonds is 9. The Labute approximate surface area is 252 Å². The van der Waals surface area contributed by atoms with E-state index in [4.69, 9.17) is 31.0 Å². The Bertz CT molecular complexity index is 1500. The highest BCUT2D eigenvalue weighted by molar-refractivity contribution is 9.10. The lowest BCUT2D eigenvalue weighted by Gasteiger charge is -2.35. The molecular formula is C31H29BrClFN4O3. The summed E-state index contributed by atoms with van der Waals surface area (Å²) in [7, 11) is 3.28. The van der Waals surface area contributed by atoms with Crippen LogP contribution in [0.4, 0.5) is 10.2 Å². The number of benzene rings is 3. The molecule has 212 valence electrons. The quantitative estimate of drug-likeness (QED) is 0.184. The summed E-state index contributed by atoms with van der Waals surface area (Å²) in [6.45, 7) is 3.42. The number of hydrogen-bond donors (Lipinski definition) is 0. The normalized spacial score (nSPS) is 13.5. The van der Waals surface area contributed by atoms with Gasteiger partial charge in [0, 0.05) is 37.6 Å². The van der Waals surface area contributed by atoms with E-state index in [1.807, 2.05) is 55.5 Å². The SMILES string of the molecule is COc1ccc(CN(Cc2ccc(OC)cc2)c2nccnc2C(C)N2CCc3c(cc(F)c(Br)c3Cl)C2=O)cc1. The third-order valence-electron chi connectivity index (χ3n) is 7.29. The van der Waals surface area contributed by atoms with Crippen molar-refractivity contribution in [3.8, 4) is 11.5 Å². The second-order valence-corrected chi connectivity index (χ2v) is 10.9. The van der Waals surface area contributed by atoms with E-state index in [2.05, 4.69) is 20.8 Å². The van der Waals surface area contributed by atoms with Crippen LogP contribution in [0.1, 0.15) is 45.7 Å². The lowest BCUT2D eigenvalue weighted by Crippen LogP contribution is -2.40. The van der Waals surface area contributed by atoms with Gasteiger partial charge in [0.05, 0.1) is 29.8 Å². The first-order valence-electron chi connectivity index (χ1n) is 13.1. The van der Waals surface area contributed by atoms with Crippen LogP contribution in [-0.4, -0.2) is 41.5 Å². The van der Waals surface area contributed by atoms with Crippen LogP contribution in [0.15, 0.2) is 71.5 Å². The van der Waals surface area contributed by atoms with Crippen LogP contribution in [0.25, 0.3) is 0 Å². The maximum Gasteiger partial charge on any atom is 0.254 e. The summed E-state index contributed by atoms with van der Waals surface area (Å²) in [6, 6.07) is 16.6. The van der Waals surface area contributed by atoms with E-state index in [-0.39, 0.29) is 21.0 Å². The molecule has 3 aromatic carbocycles. The van der Waals surface area contributed by atoms with Gasteiger partial charge in [0.15, 0.2) is 5.82 Å². The van der Waals surface area contributed by atoms with Crippen molar-refractivity contribution in [2.24, 2.45) is 0 Å². The Hall–Kier alpha value is -3.69. The first-order valence-corrected chi connectivity index (χ1v) is 14.3. The summed E-state index contributed by atoms with van der Waals surface area (Å²) in [6.07, 6.45) is 3.78. The molecule has 10 heteroatoms. The van der Waals surface area contributed by atoms with Crippen molar-refractivity contribution in [2.45, 2.75) is 32.5 Å². The first-order chi connectivity index (χ1) is 19.8. The summed E-state index contributed by atoms with van der Waals surface area (Å²) >= 11 is 9.57. The van der Waals surface area contributed by atoms with Gasteiger partial charge >= 0.3 is 0 Å². The number of carbonyl (C=O) groups is 1. The van der Waals surface area contributed by atoms with Gasteiger partial charge < -0.3 is 19.3 Å². The fourth-order valence-electron chi connectivity index (χ4n) is 5.06. The Morgan fingerprint density at radius 2 is 1.56 bits per heavy atom. The van der Waals surface area contributed by atoms with Crippen molar-refractivity contribution in [1.29, 1.82) is 0 Å². The Morgan fingerprint density at radius 3 is 2.12 bits per heavy atom. The summed E-state index contributed by atoms with van der Waals surface area (Å²) in [5.74, 6) is 1.35. The molecule has 5 rings (SSSR count). The summed E-state index contributed by atoms with van der Waals surface area (Å²) in [5.41, 5.74) is 3.68. The van der Waals surface area contributed by atoms with Gasteiger partial charge in [0.2, 0.25) is 0 Å². The number of nitrogens with zero attached hydrogens (tertiary/aromatic N) is 4. The van der Waals surface area contributed by atoms with Gasteiger partial charge in [-0.15, -0.1) is 0 Å². The predicted octanol–water partition coefficient (Wildman–Crippen LogP) is 7.02. The number of methoxy groups -OCH3 is 2. The molecule has 0 bridgehead atoms. The van der Waals surface area contributed by atoms with Crippen molar-refractivity contribution in [3.63, 3.8) is 0 Å². The molecule has 1 amide bonds. The van der Waals surface area contributed by atoms with Gasteiger partial charge in [-0.2, -0.15) is 0 Å². The zero-order valence-corrected chi connectivity index (χ0v) is 25.2. The largest absolute Gasteiger partial charge is 0.497 e. The lowest BCUT2D eigenvalue weighted by molar-refractivity contribution is 0.0668. The molecule has 4 aromatic rings. The van der Waals surface area contributed by atoms with E-state index >= 15 is 0 Å². The van der Waals surface area contributed by atoms with Gasteiger partial charge in [-0.1, -0.05) is 35.9 Å². The Balaban J connectivity index is 1.50. The van der Waals surface area contributed by atoms with Gasteiger partial charge in [0.25, 0.3) is 5.91 Å². The molecule has 1 aromatic heterocycles. The zero-order valence-electron chi connectivity index (χ0n) is 22.9. The van der Waals surface area contributed by atoms with Crippen LogP contribution < -0.4 is 14.4 Å². The predicted molar refractivity (Wildman–Crippen MR) is 160 cm³/mol. The number of amides is 1. The molecule has 0 saturated heterocycles. The maximum absolute atomic E-state index is 14.5. The van der Waals surface area contributed by atoms with E-state index in [1.54, 1.807) is 31.5 Å². The fourth-order valence-corrected chi connectivity index (χ4v) is 5.70. The van der Waals surface area contributed by atoms with Gasteiger partial charge in [-0.3, -0.25) is 9.78 Å². The Morgan fingerprint density at radius 1 is 1.00 bits per heavy atom. The fraction of sp³-hybridized carbons (Fsp3) is 0.258. The second-order valence-electron chi connectivity index (χ2n) is 9.75. The van der Waals surface area contributed by atoms with Gasteiger partial charge in [0.1, 0.15) is 23.0 Å². The second kappa shape index (κ2) is 12.4. The molecule has 0 spiro atoms. The third-order valence-corrected chi connectivity index (χ3v) is 8.71. The molecule has 0 radical (unpaired) electrons. The molecular weight excluding hydrogens is 611 g/mol. The number of anilines is 1. The highest BCUT2D eigenvalue weighted by atomic mass is 79.9. The molecule has 1 aliphatic heterocycles. The lowest BCUT2D eigenvalue weighted by atomic mass is 9.96. The molecule has 1 aliphatic rings. The number of aromatic nitrogens is 2. The summed E-state index contributed by atoms with van der Waals surface area (Å²) in [4.78, 5) is 26.9. The van der Waals surface area contributed by atoms with E-state index < -0.39 is 11.9 Å². The first kappa shape index (κ1) is 28.8. The van der Waals surface area contributed by atoms with Gasteiger partial charge in [-0.05, 0) is 76.3 Å². The smallest absolute Gasteiger partial charge is 0.254 e. The van der Waals surface area contributed by atoms with Crippen LogP contribution >= 0.6 is 27.5 Å². The maximum atomic E-state index is 14.5. The molecule has 2 heterocycles. The van der Waals surface area contributed by atoms with Crippen LogP contribution in [0, 0.1) is 5.82 Å². The van der Waals surface area contributed by atoms with Crippen molar-refractivity contribution < 1.29 is 18.7 Å². The molecule has 7 nitrogen and oxygen atoms in total. The van der Waals surface area contributed by atoms with Crippen molar-refractivity contribution >= 4 is 39.3 Å². The van der Waals surface area contributed by atoms with E-state index in [1.165, 1.54) is 6.07 Å². The van der Waals surface area contributed by atoms with Gasteiger partial charge in [-0.25, -0.2) is 9.37 Å². The van der Waals surface area contributed by atoms with Crippen molar-refractivity contribution in [1.82, 2.24) is 14.9 Å². The van der Waals surface area contributed by atoms with Crippen LogP contribution in [0.3, 0.4) is 0 Å². The summed E-state index contributed by atoms with van der Waals surface area (Å²) in [5, 5.41) is 0.242. The minimum absolute atomic E-state index is 0.177. The topological polar surface area (TPSA) is 67.8 Å². The number of carbonyl (C=O) groups excluding carboxylic acids is 1. The van der Waals surface area contributed by atoms with E-state index in [0.29, 0.717) is 43.1 Å². The number of ether oxygens (including phenoxy) is 2. The molecule has 41 heavy (non-hydrogen) atoms. The third kappa shape index (κ3) is 6.01. The van der Waals surface area contributed by atoms with E-state index in [0.717, 1.165) is 22.6 Å². The van der Waals surface area contributed by atoms with Crippen molar-refractivity contribution in [2.75, 3.05) is 25.7 Å². The highest BCUT2D eigenvalue weighted by Gasteiger charge is 2.34. The number of fused-ring (bicyclic) bond motifs is 1. The molecule has 1 atom stereocenters. The molecule has 0 N–H and O–H groups in total. The minimum atomic E-state index is -0.568. The molecule has 0 fully saturated rings. The van der Waals surface area contributed by atoms with Crippen LogP contribution in [-0.2, 0) is 19.5 Å².